The molecule has 8 heteroatoms. The third-order valence-corrected chi connectivity index (χ3v) is 4.32. The maximum Gasteiger partial charge on any atom is 0.417 e. The topological polar surface area (TPSA) is 50.2 Å². The van der Waals surface area contributed by atoms with Crippen molar-refractivity contribution in [3.05, 3.63) is 40.9 Å². The maximum atomic E-state index is 12.8. The molecular formula is C12H8F3NO2S2. The number of thiazole rings is 1. The number of halogens is 3. The van der Waals surface area contributed by atoms with Gasteiger partial charge in [0.25, 0.3) is 0 Å². The number of hydrogen-bond donors (Lipinski definition) is 1. The van der Waals surface area contributed by atoms with Gasteiger partial charge in [0.05, 0.1) is 17.7 Å². The standard InChI is InChI=1S/C12H8F3NO2S2/c13-12(14,15)8-3-1-2-4-9(8)20-11-16-7(6-19-11)5-10(17)18/h1-4,6H,5H2,(H,17,18). The van der Waals surface area contributed by atoms with Gasteiger partial charge in [-0.05, 0) is 12.1 Å². The Labute approximate surface area is 120 Å². The number of carboxylic acids is 1. The van der Waals surface area contributed by atoms with E-state index in [1.807, 2.05) is 0 Å². The van der Waals surface area contributed by atoms with E-state index in [2.05, 4.69) is 4.98 Å². The van der Waals surface area contributed by atoms with Crippen molar-refractivity contribution >= 4 is 29.1 Å². The molecule has 0 radical (unpaired) electrons. The molecule has 20 heavy (non-hydrogen) atoms. The van der Waals surface area contributed by atoms with E-state index in [1.165, 1.54) is 23.6 Å². The molecule has 0 bridgehead atoms. The summed E-state index contributed by atoms with van der Waals surface area (Å²) in [6.07, 6.45) is -4.66. The van der Waals surface area contributed by atoms with Gasteiger partial charge in [-0.25, -0.2) is 4.98 Å². The molecule has 0 saturated carbocycles. The molecule has 0 fully saturated rings. The van der Waals surface area contributed by atoms with Crippen LogP contribution < -0.4 is 0 Å². The predicted octanol–water partition coefficient (Wildman–Crippen LogP) is 3.94. The quantitative estimate of drug-likeness (QED) is 0.927. The molecule has 3 nitrogen and oxygen atoms in total. The van der Waals surface area contributed by atoms with Crippen LogP contribution in [-0.4, -0.2) is 16.1 Å². The van der Waals surface area contributed by atoms with E-state index < -0.39 is 17.7 Å². The average Bonchev–Trinajstić information content (AvgIpc) is 2.75. The van der Waals surface area contributed by atoms with Crippen LogP contribution in [0, 0.1) is 0 Å². The highest BCUT2D eigenvalue weighted by Crippen LogP contribution is 2.40. The van der Waals surface area contributed by atoms with Crippen molar-refractivity contribution in [1.29, 1.82) is 0 Å². The van der Waals surface area contributed by atoms with Crippen molar-refractivity contribution in [3.63, 3.8) is 0 Å². The van der Waals surface area contributed by atoms with Gasteiger partial charge in [-0.1, -0.05) is 23.9 Å². The molecular weight excluding hydrogens is 311 g/mol. The molecule has 0 aliphatic carbocycles. The van der Waals surface area contributed by atoms with Crippen LogP contribution in [0.15, 0.2) is 38.9 Å². The van der Waals surface area contributed by atoms with Gasteiger partial charge in [0.1, 0.15) is 0 Å². The fourth-order valence-electron chi connectivity index (χ4n) is 1.46. The lowest BCUT2D eigenvalue weighted by molar-refractivity contribution is -0.140. The molecule has 0 amide bonds. The second-order valence-corrected chi connectivity index (χ2v) is 5.92. The zero-order valence-corrected chi connectivity index (χ0v) is 11.5. The van der Waals surface area contributed by atoms with Gasteiger partial charge < -0.3 is 5.11 Å². The Hall–Kier alpha value is -1.54. The van der Waals surface area contributed by atoms with Crippen LogP contribution in [0.1, 0.15) is 11.3 Å². The first-order valence-corrected chi connectivity index (χ1v) is 7.06. The molecule has 2 rings (SSSR count). The van der Waals surface area contributed by atoms with Gasteiger partial charge in [-0.15, -0.1) is 11.3 Å². The average molecular weight is 319 g/mol. The smallest absolute Gasteiger partial charge is 0.417 e. The molecule has 1 N–H and O–H groups in total. The molecule has 106 valence electrons. The lowest BCUT2D eigenvalue weighted by Gasteiger charge is -2.10. The zero-order chi connectivity index (χ0) is 14.8. The molecule has 0 aliphatic heterocycles. The number of alkyl halides is 3. The molecule has 0 atom stereocenters. The van der Waals surface area contributed by atoms with Gasteiger partial charge in [-0.2, -0.15) is 13.2 Å². The Morgan fingerprint density at radius 1 is 1.35 bits per heavy atom. The van der Waals surface area contributed by atoms with E-state index >= 15 is 0 Å². The number of carboxylic acid groups (broad SMARTS) is 1. The third-order valence-electron chi connectivity index (χ3n) is 2.25. The summed E-state index contributed by atoms with van der Waals surface area (Å²) in [4.78, 5) is 14.6. The Bertz CT molecular complexity index is 625. The van der Waals surface area contributed by atoms with Crippen LogP contribution in [0.5, 0.6) is 0 Å². The Kier molecular flexibility index (Phi) is 4.34. The van der Waals surface area contributed by atoms with Crippen LogP contribution in [0.4, 0.5) is 13.2 Å². The van der Waals surface area contributed by atoms with Crippen molar-refractivity contribution in [2.24, 2.45) is 0 Å². The number of aromatic nitrogens is 1. The molecule has 0 aliphatic rings. The molecule has 1 aromatic carbocycles. The molecule has 2 aromatic rings. The number of nitrogens with zero attached hydrogens (tertiary/aromatic N) is 1. The van der Waals surface area contributed by atoms with Gasteiger partial charge in [0, 0.05) is 10.3 Å². The van der Waals surface area contributed by atoms with E-state index in [-0.39, 0.29) is 11.3 Å². The first-order chi connectivity index (χ1) is 9.36. The third kappa shape index (κ3) is 3.73. The van der Waals surface area contributed by atoms with Crippen molar-refractivity contribution in [2.45, 2.75) is 21.8 Å². The van der Waals surface area contributed by atoms with Crippen molar-refractivity contribution in [3.8, 4) is 0 Å². The summed E-state index contributed by atoms with van der Waals surface area (Å²) in [6, 6.07) is 5.22. The van der Waals surface area contributed by atoms with Crippen LogP contribution in [0.3, 0.4) is 0 Å². The van der Waals surface area contributed by atoms with E-state index in [9.17, 15) is 18.0 Å². The van der Waals surface area contributed by atoms with Gasteiger partial charge >= 0.3 is 12.1 Å². The number of rotatable bonds is 4. The highest BCUT2D eigenvalue weighted by atomic mass is 32.2. The predicted molar refractivity (Wildman–Crippen MR) is 69.0 cm³/mol. The van der Waals surface area contributed by atoms with Crippen molar-refractivity contribution < 1.29 is 23.1 Å². The number of carbonyl (C=O) groups is 1. The van der Waals surface area contributed by atoms with Gasteiger partial charge in [0.15, 0.2) is 4.34 Å². The summed E-state index contributed by atoms with van der Waals surface area (Å²) in [5.74, 6) is -1.03. The summed E-state index contributed by atoms with van der Waals surface area (Å²) >= 11 is 2.01. The fraction of sp³-hybridized carbons (Fsp3) is 0.167. The zero-order valence-electron chi connectivity index (χ0n) is 9.85. The highest BCUT2D eigenvalue weighted by Gasteiger charge is 2.33. The van der Waals surface area contributed by atoms with Crippen LogP contribution in [0.25, 0.3) is 0 Å². The van der Waals surface area contributed by atoms with Crippen molar-refractivity contribution in [2.75, 3.05) is 0 Å². The Morgan fingerprint density at radius 2 is 2.05 bits per heavy atom. The van der Waals surface area contributed by atoms with E-state index in [0.29, 0.717) is 10.0 Å². The molecule has 1 heterocycles. The Balaban J connectivity index is 2.22. The first kappa shape index (κ1) is 14.9. The summed E-state index contributed by atoms with van der Waals surface area (Å²) in [5, 5.41) is 10.2. The number of aliphatic carboxylic acids is 1. The minimum absolute atomic E-state index is 0.0521. The molecule has 1 aromatic heterocycles. The number of benzene rings is 1. The lowest BCUT2D eigenvalue weighted by Crippen LogP contribution is -2.06. The second kappa shape index (κ2) is 5.84. The van der Waals surface area contributed by atoms with Crippen LogP contribution >= 0.6 is 23.1 Å². The minimum Gasteiger partial charge on any atom is -0.481 e. The summed E-state index contributed by atoms with van der Waals surface area (Å²) in [7, 11) is 0. The molecule has 0 saturated heterocycles. The fourth-order valence-corrected chi connectivity index (χ4v) is 3.40. The van der Waals surface area contributed by atoms with Gasteiger partial charge in [0.2, 0.25) is 0 Å². The van der Waals surface area contributed by atoms with E-state index in [0.717, 1.165) is 29.2 Å². The maximum absolute atomic E-state index is 12.8. The van der Waals surface area contributed by atoms with Crippen LogP contribution in [0.2, 0.25) is 0 Å². The molecule has 0 spiro atoms. The van der Waals surface area contributed by atoms with Gasteiger partial charge in [-0.3, -0.25) is 4.79 Å². The minimum atomic E-state index is -4.43. The molecule has 0 unspecified atom stereocenters. The normalized spacial score (nSPS) is 11.6. The second-order valence-electron chi connectivity index (χ2n) is 3.77. The van der Waals surface area contributed by atoms with E-state index in [4.69, 9.17) is 5.11 Å². The lowest BCUT2D eigenvalue weighted by atomic mass is 10.2. The number of hydrogen-bond acceptors (Lipinski definition) is 4. The SMILES string of the molecule is O=C(O)Cc1csc(Sc2ccccc2C(F)(F)F)n1. The monoisotopic (exact) mass is 319 g/mol. The first-order valence-electron chi connectivity index (χ1n) is 5.36. The summed E-state index contributed by atoms with van der Waals surface area (Å²) in [5.41, 5.74) is -0.380. The summed E-state index contributed by atoms with van der Waals surface area (Å²) in [6.45, 7) is 0. The van der Waals surface area contributed by atoms with Crippen molar-refractivity contribution in [1.82, 2.24) is 4.98 Å². The Morgan fingerprint density at radius 3 is 2.70 bits per heavy atom. The largest absolute Gasteiger partial charge is 0.481 e. The summed E-state index contributed by atoms with van der Waals surface area (Å²) < 4.78 is 38.8. The van der Waals surface area contributed by atoms with Crippen LogP contribution in [-0.2, 0) is 17.4 Å². The highest BCUT2D eigenvalue weighted by molar-refractivity contribution is 8.01. The van der Waals surface area contributed by atoms with E-state index in [1.54, 1.807) is 0 Å².